The number of carbonyl (C=O) groups excluding carboxylic acids is 1. The van der Waals surface area contributed by atoms with Crippen molar-refractivity contribution in [2.75, 3.05) is 31.5 Å². The molecule has 1 aromatic heterocycles. The van der Waals surface area contributed by atoms with Crippen LogP contribution in [0.3, 0.4) is 0 Å². The molecule has 0 spiro atoms. The van der Waals surface area contributed by atoms with E-state index in [2.05, 4.69) is 20.9 Å². The molecule has 2 heterocycles. The van der Waals surface area contributed by atoms with E-state index < -0.39 is 0 Å². The topological polar surface area (TPSA) is 66.0 Å². The summed E-state index contributed by atoms with van der Waals surface area (Å²) < 4.78 is 0. The van der Waals surface area contributed by atoms with Crippen molar-refractivity contribution in [1.82, 2.24) is 15.6 Å². The highest BCUT2D eigenvalue weighted by atomic mass is 16.1. The molecule has 0 saturated carbocycles. The molecule has 1 aromatic rings. The fourth-order valence-electron chi connectivity index (χ4n) is 2.11. The Morgan fingerprint density at radius 2 is 2.37 bits per heavy atom. The average Bonchev–Trinajstić information content (AvgIpc) is 2.94. The number of rotatable bonds is 6. The van der Waals surface area contributed by atoms with Crippen molar-refractivity contribution in [3.05, 3.63) is 23.9 Å². The molecule has 2 rings (SSSR count). The summed E-state index contributed by atoms with van der Waals surface area (Å²) in [4.78, 5) is 16.0. The maximum absolute atomic E-state index is 11.7. The SMILES string of the molecule is Cc1ccc(NCCCNC(=O)C2CCNC2)nc1. The van der Waals surface area contributed by atoms with Crippen LogP contribution in [0.1, 0.15) is 18.4 Å². The zero-order chi connectivity index (χ0) is 13.5. The molecule has 1 fully saturated rings. The normalized spacial score (nSPS) is 18.3. The van der Waals surface area contributed by atoms with Crippen LogP contribution in [-0.2, 0) is 4.79 Å². The quantitative estimate of drug-likeness (QED) is 0.667. The Morgan fingerprint density at radius 3 is 3.05 bits per heavy atom. The molecule has 1 saturated heterocycles. The van der Waals surface area contributed by atoms with E-state index in [1.165, 1.54) is 0 Å². The van der Waals surface area contributed by atoms with E-state index in [1.54, 1.807) is 0 Å². The number of nitrogens with zero attached hydrogens (tertiary/aromatic N) is 1. The summed E-state index contributed by atoms with van der Waals surface area (Å²) in [7, 11) is 0. The van der Waals surface area contributed by atoms with E-state index in [-0.39, 0.29) is 11.8 Å². The van der Waals surface area contributed by atoms with E-state index in [9.17, 15) is 4.79 Å². The largest absolute Gasteiger partial charge is 0.370 e. The van der Waals surface area contributed by atoms with Gasteiger partial charge < -0.3 is 16.0 Å². The van der Waals surface area contributed by atoms with Crippen molar-refractivity contribution in [3.63, 3.8) is 0 Å². The summed E-state index contributed by atoms with van der Waals surface area (Å²) in [5, 5.41) is 9.42. The third kappa shape index (κ3) is 4.52. The molecule has 0 radical (unpaired) electrons. The summed E-state index contributed by atoms with van der Waals surface area (Å²) in [6.07, 6.45) is 3.70. The smallest absolute Gasteiger partial charge is 0.224 e. The number of carbonyl (C=O) groups is 1. The number of aromatic nitrogens is 1. The van der Waals surface area contributed by atoms with Crippen LogP contribution in [0.5, 0.6) is 0 Å². The van der Waals surface area contributed by atoms with Crippen molar-refractivity contribution in [2.45, 2.75) is 19.8 Å². The molecule has 1 aliphatic heterocycles. The lowest BCUT2D eigenvalue weighted by Gasteiger charge is -2.10. The Kier molecular flexibility index (Phi) is 5.15. The Morgan fingerprint density at radius 1 is 1.47 bits per heavy atom. The highest BCUT2D eigenvalue weighted by molar-refractivity contribution is 5.79. The number of amides is 1. The first kappa shape index (κ1) is 13.8. The van der Waals surface area contributed by atoms with Gasteiger partial charge in [-0.25, -0.2) is 4.98 Å². The van der Waals surface area contributed by atoms with Crippen molar-refractivity contribution >= 4 is 11.7 Å². The first-order valence-electron chi connectivity index (χ1n) is 6.90. The van der Waals surface area contributed by atoms with Gasteiger partial charge in [-0.3, -0.25) is 4.79 Å². The zero-order valence-corrected chi connectivity index (χ0v) is 11.4. The molecule has 3 N–H and O–H groups in total. The summed E-state index contributed by atoms with van der Waals surface area (Å²) in [5.74, 6) is 1.22. The van der Waals surface area contributed by atoms with E-state index >= 15 is 0 Å². The molecule has 1 amide bonds. The van der Waals surface area contributed by atoms with Gasteiger partial charge in [0.05, 0.1) is 5.92 Å². The molecular formula is C14H22N4O. The predicted molar refractivity (Wildman–Crippen MR) is 76.1 cm³/mol. The van der Waals surface area contributed by atoms with Crippen LogP contribution in [0, 0.1) is 12.8 Å². The second kappa shape index (κ2) is 7.09. The minimum absolute atomic E-state index is 0.159. The average molecular weight is 262 g/mol. The van der Waals surface area contributed by atoms with Gasteiger partial charge in [-0.1, -0.05) is 6.07 Å². The molecule has 0 aliphatic carbocycles. The van der Waals surface area contributed by atoms with Crippen LogP contribution in [0.15, 0.2) is 18.3 Å². The first-order valence-corrected chi connectivity index (χ1v) is 6.90. The number of anilines is 1. The molecule has 0 bridgehead atoms. The minimum atomic E-state index is 0.159. The lowest BCUT2D eigenvalue weighted by Crippen LogP contribution is -2.33. The van der Waals surface area contributed by atoms with Crippen LogP contribution < -0.4 is 16.0 Å². The monoisotopic (exact) mass is 262 g/mol. The number of hydrogen-bond donors (Lipinski definition) is 3. The van der Waals surface area contributed by atoms with Gasteiger partial charge in [-0.2, -0.15) is 0 Å². The van der Waals surface area contributed by atoms with Crippen molar-refractivity contribution in [3.8, 4) is 0 Å². The van der Waals surface area contributed by atoms with Gasteiger partial charge in [0.2, 0.25) is 5.91 Å². The van der Waals surface area contributed by atoms with Gasteiger partial charge in [0.25, 0.3) is 0 Å². The number of aryl methyl sites for hydroxylation is 1. The standard InChI is InChI=1S/C14H22N4O/c1-11-3-4-13(18-9-11)16-6-2-7-17-14(19)12-5-8-15-10-12/h3-4,9,12,15H,2,5-8,10H2,1H3,(H,16,18)(H,17,19). The van der Waals surface area contributed by atoms with Crippen LogP contribution in [0.4, 0.5) is 5.82 Å². The molecule has 1 unspecified atom stereocenters. The Bertz CT molecular complexity index is 398. The molecule has 19 heavy (non-hydrogen) atoms. The Hall–Kier alpha value is -1.62. The van der Waals surface area contributed by atoms with Gasteiger partial charge >= 0.3 is 0 Å². The van der Waals surface area contributed by atoms with Crippen LogP contribution >= 0.6 is 0 Å². The number of nitrogens with one attached hydrogen (secondary N) is 3. The summed E-state index contributed by atoms with van der Waals surface area (Å²) in [5.41, 5.74) is 1.16. The predicted octanol–water partition coefficient (Wildman–Crippen LogP) is 0.918. The fourth-order valence-corrected chi connectivity index (χ4v) is 2.11. The second-order valence-electron chi connectivity index (χ2n) is 4.98. The van der Waals surface area contributed by atoms with E-state index in [1.807, 2.05) is 25.3 Å². The highest BCUT2D eigenvalue weighted by Crippen LogP contribution is 2.07. The van der Waals surface area contributed by atoms with Gasteiger partial charge in [0.1, 0.15) is 5.82 Å². The van der Waals surface area contributed by atoms with Crippen LogP contribution in [-0.4, -0.2) is 37.1 Å². The summed E-state index contributed by atoms with van der Waals surface area (Å²) in [6, 6.07) is 4.00. The molecule has 0 aromatic carbocycles. The van der Waals surface area contributed by atoms with Crippen LogP contribution in [0.25, 0.3) is 0 Å². The molecule has 5 nitrogen and oxygen atoms in total. The van der Waals surface area contributed by atoms with E-state index in [4.69, 9.17) is 0 Å². The van der Waals surface area contributed by atoms with Crippen molar-refractivity contribution < 1.29 is 4.79 Å². The molecule has 104 valence electrons. The van der Waals surface area contributed by atoms with Gasteiger partial charge in [-0.05, 0) is 37.9 Å². The number of pyridine rings is 1. The molecule has 5 heteroatoms. The number of hydrogen-bond acceptors (Lipinski definition) is 4. The van der Waals surface area contributed by atoms with Crippen molar-refractivity contribution in [2.24, 2.45) is 5.92 Å². The maximum atomic E-state index is 11.7. The van der Waals surface area contributed by atoms with Gasteiger partial charge in [0, 0.05) is 25.8 Å². The third-order valence-corrected chi connectivity index (χ3v) is 3.30. The first-order chi connectivity index (χ1) is 9.25. The second-order valence-corrected chi connectivity index (χ2v) is 4.98. The van der Waals surface area contributed by atoms with Gasteiger partial charge in [0.15, 0.2) is 0 Å². The summed E-state index contributed by atoms with van der Waals surface area (Å²) >= 11 is 0. The van der Waals surface area contributed by atoms with Gasteiger partial charge in [-0.15, -0.1) is 0 Å². The zero-order valence-electron chi connectivity index (χ0n) is 11.4. The van der Waals surface area contributed by atoms with E-state index in [0.717, 1.165) is 43.9 Å². The third-order valence-electron chi connectivity index (χ3n) is 3.30. The minimum Gasteiger partial charge on any atom is -0.370 e. The lowest BCUT2D eigenvalue weighted by atomic mass is 10.1. The summed E-state index contributed by atoms with van der Waals surface area (Å²) in [6.45, 7) is 5.33. The molecule has 1 aliphatic rings. The molecular weight excluding hydrogens is 240 g/mol. The fraction of sp³-hybridized carbons (Fsp3) is 0.571. The highest BCUT2D eigenvalue weighted by Gasteiger charge is 2.21. The van der Waals surface area contributed by atoms with E-state index in [0.29, 0.717) is 6.54 Å². The van der Waals surface area contributed by atoms with Crippen molar-refractivity contribution in [1.29, 1.82) is 0 Å². The Labute approximate surface area is 114 Å². The molecule has 1 atom stereocenters. The van der Waals surface area contributed by atoms with Crippen LogP contribution in [0.2, 0.25) is 0 Å². The Balaban J connectivity index is 1.56. The lowest BCUT2D eigenvalue weighted by molar-refractivity contribution is -0.124. The maximum Gasteiger partial charge on any atom is 0.224 e.